The normalized spacial score (nSPS) is 13.9. The van der Waals surface area contributed by atoms with Gasteiger partial charge in [-0.25, -0.2) is 0 Å². The maximum absolute atomic E-state index is 9.43. The Kier molecular flexibility index (Phi) is 17.5. The van der Waals surface area contributed by atoms with Crippen LogP contribution in [-0.2, 0) is 9.59 Å². The second-order valence-corrected chi connectivity index (χ2v) is 7.56. The summed E-state index contributed by atoms with van der Waals surface area (Å²) in [6, 6.07) is 0. The van der Waals surface area contributed by atoms with Crippen molar-refractivity contribution < 1.29 is 30.0 Å². The zero-order valence-electron chi connectivity index (χ0n) is 9.60. The highest BCUT2D eigenvalue weighted by atomic mass is 35.6. The molecule has 122 valence electrons. The molecule has 0 saturated heterocycles. The van der Waals surface area contributed by atoms with Crippen LogP contribution in [0.5, 0.6) is 0 Å². The summed E-state index contributed by atoms with van der Waals surface area (Å²) in [6.07, 6.45) is -1.98. The molecule has 0 aliphatic carbocycles. The highest BCUT2D eigenvalue weighted by molar-refractivity contribution is 6.74. The van der Waals surface area contributed by atoms with Crippen LogP contribution in [0.4, 0.5) is 0 Å². The minimum absolute atomic E-state index is 0.234. The van der Waals surface area contributed by atoms with E-state index in [9.17, 15) is 9.59 Å². The van der Waals surface area contributed by atoms with Crippen molar-refractivity contribution in [3.63, 3.8) is 0 Å². The minimum Gasteiger partial charge on any atom is -0.394 e. The zero-order valence-corrected chi connectivity index (χ0v) is 14.1. The van der Waals surface area contributed by atoms with Crippen molar-refractivity contribution in [2.24, 2.45) is 0 Å². The quantitative estimate of drug-likeness (QED) is 0.399. The number of hydrogen-bond donors (Lipinski definition) is 4. The van der Waals surface area contributed by atoms with Crippen LogP contribution in [0, 0.1) is 0 Å². The predicted molar refractivity (Wildman–Crippen MR) is 78.9 cm³/mol. The highest BCUT2D eigenvalue weighted by Gasteiger charge is 2.16. The van der Waals surface area contributed by atoms with E-state index in [4.69, 9.17) is 90.0 Å². The fraction of sp³-hybridized carbons (Fsp3) is 0.750. The van der Waals surface area contributed by atoms with Gasteiger partial charge in [0, 0.05) is 0 Å². The van der Waals surface area contributed by atoms with Crippen LogP contribution in [-0.4, -0.2) is 66.0 Å². The molecule has 0 saturated carbocycles. The molecule has 0 rings (SSSR count). The fourth-order valence-electron chi connectivity index (χ4n) is 0.243. The molecule has 0 bridgehead atoms. The monoisotopic (exact) mass is 414 g/mol. The van der Waals surface area contributed by atoms with Crippen LogP contribution < -0.4 is 0 Å². The molecule has 0 aromatic carbocycles. The van der Waals surface area contributed by atoms with E-state index < -0.39 is 33.0 Å². The molecule has 0 aliphatic heterocycles. The number of halogens is 6. The Labute approximate surface area is 145 Å². The van der Waals surface area contributed by atoms with Crippen LogP contribution in [0.2, 0.25) is 0 Å². The number of alkyl halides is 6. The third-order valence-corrected chi connectivity index (χ3v) is 1.62. The number of rotatable bonds is 3. The molecule has 0 radical (unpaired) electrons. The molecule has 20 heavy (non-hydrogen) atoms. The lowest BCUT2D eigenvalue weighted by molar-refractivity contribution is -0.107. The average Bonchev–Trinajstić information content (AvgIpc) is 2.36. The summed E-state index contributed by atoms with van der Waals surface area (Å²) >= 11 is 29.3. The molecule has 4 N–H and O–H groups in total. The molecule has 0 spiro atoms. The third kappa shape index (κ3) is 27.3. The third-order valence-electron chi connectivity index (χ3n) is 1.09. The van der Waals surface area contributed by atoms with E-state index in [1.165, 1.54) is 0 Å². The first-order valence-corrected chi connectivity index (χ1v) is 6.75. The van der Waals surface area contributed by atoms with Crippen molar-refractivity contribution in [2.75, 3.05) is 13.2 Å². The van der Waals surface area contributed by atoms with Crippen molar-refractivity contribution in [3.8, 4) is 0 Å². The topological polar surface area (TPSA) is 115 Å². The van der Waals surface area contributed by atoms with E-state index in [-0.39, 0.29) is 12.6 Å². The molecule has 0 heterocycles. The summed E-state index contributed by atoms with van der Waals surface area (Å²) in [7, 11) is 0. The number of carbonyl (C=O) groups excluding carboxylic acids is 2. The van der Waals surface area contributed by atoms with Gasteiger partial charge < -0.3 is 20.4 Å². The number of aliphatic hydroxyl groups is 4. The van der Waals surface area contributed by atoms with E-state index in [1.54, 1.807) is 0 Å². The van der Waals surface area contributed by atoms with E-state index in [1.807, 2.05) is 0 Å². The molecule has 0 aliphatic rings. The van der Waals surface area contributed by atoms with Crippen LogP contribution >= 0.6 is 69.6 Å². The standard InChI is InChI=1S/C4H10O4.2C2HCl3O/c5-1-3(7)4(8)2-6;2*3-2(4,5)1-6/h3-8H,1-2H2;2*1H/t3-,4+;;. The van der Waals surface area contributed by atoms with Gasteiger partial charge in [0.15, 0.2) is 12.6 Å². The molecule has 0 aromatic heterocycles. The first-order chi connectivity index (χ1) is 8.84. The lowest BCUT2D eigenvalue weighted by Gasteiger charge is -2.10. The number of carbonyl (C=O) groups is 2. The van der Waals surface area contributed by atoms with Gasteiger partial charge in [-0.05, 0) is 0 Å². The van der Waals surface area contributed by atoms with Gasteiger partial charge in [-0.15, -0.1) is 0 Å². The number of aliphatic hydroxyl groups excluding tert-OH is 4. The fourth-order valence-corrected chi connectivity index (χ4v) is 0.243. The van der Waals surface area contributed by atoms with Crippen molar-refractivity contribution >= 4 is 82.2 Å². The molecule has 2 atom stereocenters. The van der Waals surface area contributed by atoms with Crippen molar-refractivity contribution in [2.45, 2.75) is 19.8 Å². The first kappa shape index (κ1) is 25.9. The number of aldehydes is 2. The largest absolute Gasteiger partial charge is 0.394 e. The Hall–Kier alpha value is 0.920. The lowest BCUT2D eigenvalue weighted by Crippen LogP contribution is -2.31. The molecule has 12 heteroatoms. The maximum atomic E-state index is 9.43. The predicted octanol–water partition coefficient (Wildman–Crippen LogP) is 0.804. The highest BCUT2D eigenvalue weighted by Crippen LogP contribution is 2.22. The van der Waals surface area contributed by atoms with E-state index in [0.29, 0.717) is 0 Å². The average molecular weight is 417 g/mol. The van der Waals surface area contributed by atoms with Crippen molar-refractivity contribution in [1.82, 2.24) is 0 Å². The molecular weight excluding hydrogens is 405 g/mol. The van der Waals surface area contributed by atoms with E-state index in [0.717, 1.165) is 0 Å². The smallest absolute Gasteiger partial charge is 0.245 e. The van der Waals surface area contributed by atoms with E-state index in [2.05, 4.69) is 0 Å². The molecule has 6 nitrogen and oxygen atoms in total. The van der Waals surface area contributed by atoms with Gasteiger partial charge in [-0.2, -0.15) is 0 Å². The summed E-state index contributed by atoms with van der Waals surface area (Å²) in [4.78, 5) is 18.9. The second-order valence-electron chi connectivity index (χ2n) is 2.82. The van der Waals surface area contributed by atoms with Gasteiger partial charge >= 0.3 is 0 Å². The van der Waals surface area contributed by atoms with Gasteiger partial charge in [-0.3, -0.25) is 9.59 Å². The van der Waals surface area contributed by atoms with E-state index >= 15 is 0 Å². The van der Waals surface area contributed by atoms with Crippen molar-refractivity contribution in [1.29, 1.82) is 0 Å². The summed E-state index contributed by atoms with van der Waals surface area (Å²) in [5.41, 5.74) is 0. The number of hydrogen-bond acceptors (Lipinski definition) is 6. The zero-order chi connectivity index (χ0) is 17.0. The van der Waals surface area contributed by atoms with Crippen LogP contribution in [0.25, 0.3) is 0 Å². The molecular formula is C8H12Cl6O6. The molecule has 0 fully saturated rings. The maximum Gasteiger partial charge on any atom is 0.245 e. The first-order valence-electron chi connectivity index (χ1n) is 4.48. The summed E-state index contributed by atoms with van der Waals surface area (Å²) in [5.74, 6) is 0. The second kappa shape index (κ2) is 13.6. The lowest BCUT2D eigenvalue weighted by atomic mass is 10.2. The Morgan fingerprint density at radius 2 is 0.900 bits per heavy atom. The van der Waals surface area contributed by atoms with Gasteiger partial charge in [-0.1, -0.05) is 69.6 Å². The molecule has 0 amide bonds. The summed E-state index contributed by atoms with van der Waals surface area (Å²) in [5, 5.41) is 33.2. The minimum atomic E-state index is -1.72. The summed E-state index contributed by atoms with van der Waals surface area (Å²) in [6.45, 7) is -1.05. The Morgan fingerprint density at radius 1 is 0.750 bits per heavy atom. The van der Waals surface area contributed by atoms with Gasteiger partial charge in [0.2, 0.25) is 7.59 Å². The Balaban J connectivity index is -0.000000221. The Morgan fingerprint density at radius 3 is 0.950 bits per heavy atom. The molecule has 0 unspecified atom stereocenters. The van der Waals surface area contributed by atoms with Crippen molar-refractivity contribution in [3.05, 3.63) is 0 Å². The van der Waals surface area contributed by atoms with Gasteiger partial charge in [0.05, 0.1) is 13.2 Å². The van der Waals surface area contributed by atoms with Crippen LogP contribution in [0.1, 0.15) is 0 Å². The van der Waals surface area contributed by atoms with Gasteiger partial charge in [0.1, 0.15) is 12.2 Å². The SMILES string of the molecule is O=CC(Cl)(Cl)Cl.O=CC(Cl)(Cl)Cl.OC[C@@H](O)[C@@H](O)CO. The van der Waals surface area contributed by atoms with Crippen LogP contribution in [0.15, 0.2) is 0 Å². The van der Waals surface area contributed by atoms with Crippen LogP contribution in [0.3, 0.4) is 0 Å². The molecule has 0 aromatic rings. The van der Waals surface area contributed by atoms with Gasteiger partial charge in [0.25, 0.3) is 0 Å². The summed E-state index contributed by atoms with van der Waals surface area (Å²) < 4.78 is -3.44. The Bertz CT molecular complexity index is 227.